The van der Waals surface area contributed by atoms with Crippen molar-refractivity contribution in [2.45, 2.75) is 17.6 Å². The summed E-state index contributed by atoms with van der Waals surface area (Å²) >= 11 is 1.49. The maximum Gasteiger partial charge on any atom is 0.214 e. The Hall–Kier alpha value is -1.91. The van der Waals surface area contributed by atoms with E-state index in [9.17, 15) is 0 Å². The van der Waals surface area contributed by atoms with Crippen LogP contribution in [0.5, 0.6) is 0 Å². The molecule has 1 atom stereocenters. The quantitative estimate of drug-likeness (QED) is 0.806. The Kier molecular flexibility index (Phi) is 4.28. The fraction of sp³-hybridized carbons (Fsp3) is 0.273. The highest BCUT2D eigenvalue weighted by molar-refractivity contribution is 7.99. The van der Waals surface area contributed by atoms with Gasteiger partial charge in [-0.3, -0.25) is 0 Å². The van der Waals surface area contributed by atoms with Gasteiger partial charge in [-0.05, 0) is 29.0 Å². The van der Waals surface area contributed by atoms with E-state index in [1.54, 1.807) is 4.68 Å². The van der Waals surface area contributed by atoms with Crippen molar-refractivity contribution in [1.82, 2.24) is 20.2 Å². The molecule has 0 saturated heterocycles. The number of nitriles is 1. The van der Waals surface area contributed by atoms with E-state index in [4.69, 9.17) is 11.0 Å². The molecule has 0 aliphatic heterocycles. The van der Waals surface area contributed by atoms with E-state index in [2.05, 4.69) is 15.5 Å². The molecule has 18 heavy (non-hydrogen) atoms. The van der Waals surface area contributed by atoms with Crippen LogP contribution in [0.3, 0.4) is 0 Å². The highest BCUT2D eigenvalue weighted by Gasteiger charge is 2.09. The average Bonchev–Trinajstić information content (AvgIpc) is 2.88. The highest BCUT2D eigenvalue weighted by Crippen LogP contribution is 2.18. The first-order valence-electron chi connectivity index (χ1n) is 5.43. The second kappa shape index (κ2) is 6.14. The lowest BCUT2D eigenvalue weighted by molar-refractivity contribution is 0.753. The number of rotatable bonds is 5. The fourth-order valence-electron chi connectivity index (χ4n) is 1.34. The molecule has 0 radical (unpaired) electrons. The molecule has 1 heterocycles. The molecule has 0 bridgehead atoms. The number of aromatic nitrogens is 4. The van der Waals surface area contributed by atoms with Crippen LogP contribution in [-0.4, -0.2) is 32.0 Å². The summed E-state index contributed by atoms with van der Waals surface area (Å²) in [5.41, 5.74) is 6.44. The van der Waals surface area contributed by atoms with E-state index in [0.29, 0.717) is 17.3 Å². The first kappa shape index (κ1) is 12.5. The molecule has 7 heteroatoms. The van der Waals surface area contributed by atoms with Crippen LogP contribution in [0.4, 0.5) is 0 Å². The molecule has 6 nitrogen and oxygen atoms in total. The van der Waals surface area contributed by atoms with Crippen molar-refractivity contribution >= 4 is 11.8 Å². The first-order chi connectivity index (χ1) is 8.81. The molecule has 1 aromatic heterocycles. The second-order valence-electron chi connectivity index (χ2n) is 3.58. The molecular weight excluding hydrogens is 248 g/mol. The maximum absolute atomic E-state index is 8.59. The van der Waals surface area contributed by atoms with Crippen LogP contribution in [0, 0.1) is 11.3 Å². The third-order valence-corrected chi connectivity index (χ3v) is 3.22. The monoisotopic (exact) mass is 260 g/mol. The van der Waals surface area contributed by atoms with Crippen molar-refractivity contribution in [3.63, 3.8) is 0 Å². The summed E-state index contributed by atoms with van der Waals surface area (Å²) < 4.78 is 1.67. The molecule has 0 saturated carbocycles. The molecule has 2 rings (SSSR count). The van der Waals surface area contributed by atoms with Crippen LogP contribution in [0.25, 0.3) is 5.69 Å². The van der Waals surface area contributed by atoms with Gasteiger partial charge in [0.25, 0.3) is 0 Å². The molecule has 0 amide bonds. The second-order valence-corrected chi connectivity index (χ2v) is 4.64. The van der Waals surface area contributed by atoms with E-state index in [1.165, 1.54) is 11.8 Å². The van der Waals surface area contributed by atoms with Crippen LogP contribution < -0.4 is 5.73 Å². The molecule has 2 aromatic rings. The lowest BCUT2D eigenvalue weighted by Crippen LogP contribution is -2.17. The number of thioether (sulfide) groups is 1. The molecule has 92 valence electrons. The summed E-state index contributed by atoms with van der Waals surface area (Å²) in [6.45, 7) is 0. The Morgan fingerprint density at radius 1 is 1.39 bits per heavy atom. The molecule has 0 spiro atoms. The van der Waals surface area contributed by atoms with E-state index in [0.717, 1.165) is 5.69 Å². The third kappa shape index (κ3) is 3.06. The van der Waals surface area contributed by atoms with Crippen molar-refractivity contribution in [2.24, 2.45) is 5.73 Å². The van der Waals surface area contributed by atoms with E-state index in [1.807, 2.05) is 36.4 Å². The number of benzene rings is 1. The van der Waals surface area contributed by atoms with Crippen molar-refractivity contribution in [3.05, 3.63) is 30.3 Å². The van der Waals surface area contributed by atoms with Gasteiger partial charge in [-0.25, -0.2) is 0 Å². The number of tetrazole rings is 1. The van der Waals surface area contributed by atoms with Gasteiger partial charge in [0.1, 0.15) is 0 Å². The molecule has 1 unspecified atom stereocenters. The third-order valence-electron chi connectivity index (χ3n) is 2.27. The van der Waals surface area contributed by atoms with Crippen LogP contribution in [-0.2, 0) is 0 Å². The van der Waals surface area contributed by atoms with Gasteiger partial charge in [0.15, 0.2) is 0 Å². The summed E-state index contributed by atoms with van der Waals surface area (Å²) in [4.78, 5) is 0. The summed E-state index contributed by atoms with van der Waals surface area (Å²) in [6.07, 6.45) is 0.614. The van der Waals surface area contributed by atoms with E-state index >= 15 is 0 Å². The minimum atomic E-state index is -0.432. The van der Waals surface area contributed by atoms with E-state index in [-0.39, 0.29) is 0 Å². The number of hydrogen-bond acceptors (Lipinski definition) is 6. The zero-order chi connectivity index (χ0) is 12.8. The Morgan fingerprint density at radius 2 is 2.17 bits per heavy atom. The standard InChI is InChI=1S/C11H12N6S/c12-8-9(13)6-7-18-11-14-15-16-17(11)10-4-2-1-3-5-10/h1-5,9H,6-7,13H2. The van der Waals surface area contributed by atoms with Gasteiger partial charge >= 0.3 is 0 Å². The minimum absolute atomic E-state index is 0.432. The molecule has 0 aliphatic rings. The largest absolute Gasteiger partial charge is 0.316 e. The van der Waals surface area contributed by atoms with Crippen LogP contribution in [0.15, 0.2) is 35.5 Å². The Morgan fingerprint density at radius 3 is 2.89 bits per heavy atom. The number of nitrogens with zero attached hydrogens (tertiary/aromatic N) is 5. The number of nitrogens with two attached hydrogens (primary N) is 1. The summed E-state index contributed by atoms with van der Waals surface area (Å²) in [5, 5.41) is 20.9. The topological polar surface area (TPSA) is 93.4 Å². The first-order valence-corrected chi connectivity index (χ1v) is 6.41. The molecule has 1 aromatic carbocycles. The van der Waals surface area contributed by atoms with Crippen LogP contribution in [0.1, 0.15) is 6.42 Å². The van der Waals surface area contributed by atoms with Crippen LogP contribution >= 0.6 is 11.8 Å². The predicted molar refractivity (Wildman–Crippen MR) is 68.1 cm³/mol. The zero-order valence-corrected chi connectivity index (χ0v) is 10.4. The Balaban J connectivity index is 2.03. The minimum Gasteiger partial charge on any atom is -0.316 e. The van der Waals surface area contributed by atoms with Crippen molar-refractivity contribution < 1.29 is 0 Å². The van der Waals surface area contributed by atoms with Gasteiger partial charge in [-0.2, -0.15) is 9.94 Å². The Labute approximate surface area is 109 Å². The normalized spacial score (nSPS) is 12.0. The zero-order valence-electron chi connectivity index (χ0n) is 9.60. The number of hydrogen-bond donors (Lipinski definition) is 1. The maximum atomic E-state index is 8.59. The fourth-order valence-corrected chi connectivity index (χ4v) is 2.25. The van der Waals surface area contributed by atoms with Crippen molar-refractivity contribution in [2.75, 3.05) is 5.75 Å². The summed E-state index contributed by atoms with van der Waals surface area (Å²) in [6, 6.07) is 11.2. The van der Waals surface area contributed by atoms with Gasteiger partial charge in [-0.15, -0.1) is 5.10 Å². The smallest absolute Gasteiger partial charge is 0.214 e. The Bertz CT molecular complexity index is 532. The van der Waals surface area contributed by atoms with Gasteiger partial charge < -0.3 is 5.73 Å². The molecule has 2 N–H and O–H groups in total. The molecular formula is C11H12N6S. The van der Waals surface area contributed by atoms with Crippen molar-refractivity contribution in [1.29, 1.82) is 5.26 Å². The van der Waals surface area contributed by atoms with Gasteiger partial charge in [-0.1, -0.05) is 30.0 Å². The SMILES string of the molecule is N#CC(N)CCSc1nnnn1-c1ccccc1. The lowest BCUT2D eigenvalue weighted by Gasteiger charge is -2.04. The van der Waals surface area contributed by atoms with Gasteiger partial charge in [0, 0.05) is 5.75 Å². The summed E-state index contributed by atoms with van der Waals surface area (Å²) in [5.74, 6) is 0.710. The van der Waals surface area contributed by atoms with Gasteiger partial charge in [0.05, 0.1) is 17.8 Å². The van der Waals surface area contributed by atoms with Gasteiger partial charge in [0.2, 0.25) is 5.16 Å². The van der Waals surface area contributed by atoms with Crippen LogP contribution in [0.2, 0.25) is 0 Å². The number of para-hydroxylation sites is 1. The summed E-state index contributed by atoms with van der Waals surface area (Å²) in [7, 11) is 0. The lowest BCUT2D eigenvalue weighted by atomic mass is 10.3. The molecule has 0 fully saturated rings. The average molecular weight is 260 g/mol. The predicted octanol–water partition coefficient (Wildman–Crippen LogP) is 0.995. The van der Waals surface area contributed by atoms with Crippen molar-refractivity contribution in [3.8, 4) is 11.8 Å². The highest BCUT2D eigenvalue weighted by atomic mass is 32.2. The molecule has 0 aliphatic carbocycles. The van der Waals surface area contributed by atoms with E-state index < -0.39 is 6.04 Å².